The molecular weight excluding hydrogens is 384 g/mol. The second kappa shape index (κ2) is 12.4. The third kappa shape index (κ3) is 8.27. The quantitative estimate of drug-likeness (QED) is 0.258. The molecule has 0 aliphatic carbocycles. The number of likely N-dealkylation sites (N-methyl/N-ethyl adjacent to an activating group) is 1. The lowest BCUT2D eigenvalue weighted by molar-refractivity contribution is -0.167. The molecule has 1 N–H and O–H groups in total. The van der Waals surface area contributed by atoms with E-state index in [4.69, 9.17) is 21.1 Å². The molecule has 0 spiro atoms. The van der Waals surface area contributed by atoms with Crippen LogP contribution in [-0.4, -0.2) is 55.7 Å². The summed E-state index contributed by atoms with van der Waals surface area (Å²) >= 11 is 6.02. The van der Waals surface area contributed by atoms with E-state index < -0.39 is 24.4 Å². The van der Waals surface area contributed by atoms with Crippen LogP contribution < -0.4 is 5.32 Å². The van der Waals surface area contributed by atoms with Crippen molar-refractivity contribution in [3.63, 3.8) is 0 Å². The van der Waals surface area contributed by atoms with Crippen LogP contribution in [-0.2, 0) is 14.3 Å². The van der Waals surface area contributed by atoms with E-state index in [1.54, 1.807) is 45.3 Å². The number of hydrogen-bond donors (Lipinski definition) is 1. The molecule has 0 saturated carbocycles. The second-order valence-corrected chi connectivity index (χ2v) is 6.94. The standard InChI is InChI=1S/C20H29ClN2O5/c1-14(22-3)19(25)27-15(2)28-20(26)23(4)13-9-5-6-12-18(24)16-10-7-8-11-17(16)21/h7-8,10-11,14-15,22H,5-6,9,12-13H2,1-4H3. The number of carbonyl (C=O) groups excluding carboxylic acids is 3. The van der Waals surface area contributed by atoms with E-state index in [2.05, 4.69) is 5.32 Å². The van der Waals surface area contributed by atoms with Crippen LogP contribution in [0.5, 0.6) is 0 Å². The Bertz CT molecular complexity index is 668. The Labute approximate surface area is 171 Å². The third-order valence-electron chi connectivity index (χ3n) is 4.22. The molecule has 1 rings (SSSR count). The highest BCUT2D eigenvalue weighted by atomic mass is 35.5. The normalized spacial score (nSPS) is 12.8. The van der Waals surface area contributed by atoms with Crippen LogP contribution in [0.4, 0.5) is 4.79 Å². The van der Waals surface area contributed by atoms with Crippen molar-refractivity contribution in [2.24, 2.45) is 0 Å². The minimum Gasteiger partial charge on any atom is -0.424 e. The van der Waals surface area contributed by atoms with Gasteiger partial charge in [-0.3, -0.25) is 9.59 Å². The minimum atomic E-state index is -0.966. The van der Waals surface area contributed by atoms with Gasteiger partial charge in [0.25, 0.3) is 0 Å². The van der Waals surface area contributed by atoms with Crippen LogP contribution in [0.15, 0.2) is 24.3 Å². The van der Waals surface area contributed by atoms with Crippen LogP contribution in [0.2, 0.25) is 5.02 Å². The zero-order chi connectivity index (χ0) is 21.1. The van der Waals surface area contributed by atoms with Gasteiger partial charge in [-0.15, -0.1) is 0 Å². The number of ketones is 1. The van der Waals surface area contributed by atoms with E-state index in [1.165, 1.54) is 11.8 Å². The fraction of sp³-hybridized carbons (Fsp3) is 0.550. The Balaban J connectivity index is 2.24. The molecule has 0 heterocycles. The first kappa shape index (κ1) is 23.9. The molecule has 2 atom stereocenters. The number of esters is 1. The molecule has 0 fully saturated rings. The van der Waals surface area contributed by atoms with Crippen molar-refractivity contribution in [1.29, 1.82) is 0 Å². The Kier molecular flexibility index (Phi) is 10.6. The van der Waals surface area contributed by atoms with E-state index in [0.29, 0.717) is 30.0 Å². The number of unbranched alkanes of at least 4 members (excludes halogenated alkanes) is 2. The van der Waals surface area contributed by atoms with Gasteiger partial charge in [-0.25, -0.2) is 4.79 Å². The number of nitrogens with one attached hydrogen (secondary N) is 1. The monoisotopic (exact) mass is 412 g/mol. The van der Waals surface area contributed by atoms with Gasteiger partial charge in [0, 0.05) is 32.5 Å². The summed E-state index contributed by atoms with van der Waals surface area (Å²) in [6.07, 6.45) is 1.11. The molecular formula is C20H29ClN2O5. The highest BCUT2D eigenvalue weighted by Gasteiger charge is 2.20. The molecule has 0 aliphatic rings. The Morgan fingerprint density at radius 2 is 1.79 bits per heavy atom. The van der Waals surface area contributed by atoms with E-state index in [9.17, 15) is 14.4 Å². The van der Waals surface area contributed by atoms with Gasteiger partial charge in [-0.2, -0.15) is 0 Å². The first-order valence-corrected chi connectivity index (χ1v) is 9.71. The van der Waals surface area contributed by atoms with Gasteiger partial charge < -0.3 is 19.7 Å². The molecule has 0 aliphatic heterocycles. The highest BCUT2D eigenvalue weighted by molar-refractivity contribution is 6.33. The highest BCUT2D eigenvalue weighted by Crippen LogP contribution is 2.18. The molecule has 1 aromatic carbocycles. The molecule has 8 heteroatoms. The molecule has 1 aromatic rings. The zero-order valence-corrected chi connectivity index (χ0v) is 17.6. The molecule has 0 saturated heterocycles. The fourth-order valence-electron chi connectivity index (χ4n) is 2.36. The van der Waals surface area contributed by atoms with Crippen molar-refractivity contribution >= 4 is 29.4 Å². The minimum absolute atomic E-state index is 0.0183. The van der Waals surface area contributed by atoms with Gasteiger partial charge in [0.15, 0.2) is 5.78 Å². The predicted molar refractivity (Wildman–Crippen MR) is 107 cm³/mol. The van der Waals surface area contributed by atoms with Crippen molar-refractivity contribution in [2.45, 2.75) is 51.9 Å². The average molecular weight is 413 g/mol. The van der Waals surface area contributed by atoms with Gasteiger partial charge in [-0.1, -0.05) is 30.2 Å². The summed E-state index contributed by atoms with van der Waals surface area (Å²) in [6, 6.07) is 6.52. The van der Waals surface area contributed by atoms with Crippen LogP contribution in [0.25, 0.3) is 0 Å². The van der Waals surface area contributed by atoms with Crippen LogP contribution in [0.3, 0.4) is 0 Å². The summed E-state index contributed by atoms with van der Waals surface area (Å²) in [5, 5.41) is 3.22. The first-order valence-electron chi connectivity index (χ1n) is 9.33. The topological polar surface area (TPSA) is 84.9 Å². The molecule has 156 valence electrons. The number of hydrogen-bond acceptors (Lipinski definition) is 6. The number of ether oxygens (including phenoxy) is 2. The maximum atomic E-state index is 12.1. The summed E-state index contributed by atoms with van der Waals surface area (Å²) in [7, 11) is 3.25. The molecule has 2 unspecified atom stereocenters. The van der Waals surface area contributed by atoms with Gasteiger partial charge in [0.1, 0.15) is 6.04 Å². The Morgan fingerprint density at radius 1 is 1.11 bits per heavy atom. The van der Waals surface area contributed by atoms with E-state index in [0.717, 1.165) is 12.8 Å². The fourth-order valence-corrected chi connectivity index (χ4v) is 2.61. The summed E-state index contributed by atoms with van der Waals surface area (Å²) in [5.41, 5.74) is 0.543. The number of nitrogens with zero attached hydrogens (tertiary/aromatic N) is 1. The molecule has 7 nitrogen and oxygen atoms in total. The van der Waals surface area contributed by atoms with Gasteiger partial charge in [-0.05, 0) is 38.9 Å². The molecule has 1 amide bonds. The molecule has 0 radical (unpaired) electrons. The summed E-state index contributed by atoms with van der Waals surface area (Å²) in [5.74, 6) is -0.474. The molecule has 0 aromatic heterocycles. The number of halogens is 1. The lowest BCUT2D eigenvalue weighted by atomic mass is 10.0. The summed E-state index contributed by atoms with van der Waals surface area (Å²) in [6.45, 7) is 3.62. The Morgan fingerprint density at radius 3 is 2.43 bits per heavy atom. The maximum absolute atomic E-state index is 12.1. The number of benzene rings is 1. The van der Waals surface area contributed by atoms with E-state index >= 15 is 0 Å². The summed E-state index contributed by atoms with van der Waals surface area (Å²) < 4.78 is 10.1. The van der Waals surface area contributed by atoms with Crippen molar-refractivity contribution < 1.29 is 23.9 Å². The van der Waals surface area contributed by atoms with Crippen molar-refractivity contribution in [3.05, 3.63) is 34.9 Å². The number of carbonyl (C=O) groups is 3. The average Bonchev–Trinajstić information content (AvgIpc) is 2.66. The van der Waals surface area contributed by atoms with Crippen molar-refractivity contribution in [2.75, 3.05) is 20.6 Å². The lowest BCUT2D eigenvalue weighted by Gasteiger charge is -2.21. The van der Waals surface area contributed by atoms with Gasteiger partial charge in [0.05, 0.1) is 5.02 Å². The largest absolute Gasteiger partial charge is 0.424 e. The first-order chi connectivity index (χ1) is 13.3. The molecule has 28 heavy (non-hydrogen) atoms. The Hall–Kier alpha value is -2.12. The van der Waals surface area contributed by atoms with E-state index in [-0.39, 0.29) is 5.78 Å². The third-order valence-corrected chi connectivity index (χ3v) is 4.55. The predicted octanol–water partition coefficient (Wildman–Crippen LogP) is 3.65. The number of rotatable bonds is 11. The smallest absolute Gasteiger partial charge is 0.412 e. The van der Waals surface area contributed by atoms with E-state index in [1.807, 2.05) is 0 Å². The number of Topliss-reactive ketones (excluding diaryl/α,β-unsaturated/α-hetero) is 1. The van der Waals surface area contributed by atoms with Gasteiger partial charge in [0.2, 0.25) is 6.29 Å². The SMILES string of the molecule is CNC(C)C(=O)OC(C)OC(=O)N(C)CCCCCC(=O)c1ccccc1Cl. The van der Waals surface area contributed by atoms with Crippen LogP contribution in [0, 0.1) is 0 Å². The van der Waals surface area contributed by atoms with Crippen LogP contribution in [0.1, 0.15) is 49.9 Å². The van der Waals surface area contributed by atoms with Gasteiger partial charge >= 0.3 is 12.1 Å². The van der Waals surface area contributed by atoms with Crippen LogP contribution >= 0.6 is 11.6 Å². The molecule has 0 bridgehead atoms. The maximum Gasteiger partial charge on any atom is 0.412 e. The van der Waals surface area contributed by atoms with Crippen molar-refractivity contribution in [3.8, 4) is 0 Å². The van der Waals surface area contributed by atoms with Crippen molar-refractivity contribution in [1.82, 2.24) is 10.2 Å². The second-order valence-electron chi connectivity index (χ2n) is 6.53. The number of amides is 1. The lowest BCUT2D eigenvalue weighted by Crippen LogP contribution is -2.37. The summed E-state index contributed by atoms with van der Waals surface area (Å²) in [4.78, 5) is 37.2. The zero-order valence-electron chi connectivity index (χ0n) is 16.9.